The maximum absolute atomic E-state index is 13.7. The lowest BCUT2D eigenvalue weighted by Crippen LogP contribution is -2.16. The van der Waals surface area contributed by atoms with Gasteiger partial charge in [-0.1, -0.05) is 42.5 Å². The van der Waals surface area contributed by atoms with Crippen LogP contribution in [0.25, 0.3) is 11.1 Å². The predicted octanol–water partition coefficient (Wildman–Crippen LogP) is 5.95. The number of halogens is 3. The molecule has 0 fully saturated rings. The van der Waals surface area contributed by atoms with Crippen molar-refractivity contribution in [1.82, 2.24) is 14.3 Å². The zero-order valence-electron chi connectivity index (χ0n) is 19.7. The summed E-state index contributed by atoms with van der Waals surface area (Å²) in [5.41, 5.74) is 3.83. The Labute approximate surface area is 206 Å². The van der Waals surface area contributed by atoms with E-state index in [0.29, 0.717) is 22.4 Å². The molecular weight excluding hydrogens is 467 g/mol. The first-order valence-electron chi connectivity index (χ1n) is 11.1. The topological polar surface area (TPSA) is 79.6 Å². The maximum atomic E-state index is 13.7. The van der Waals surface area contributed by atoms with Gasteiger partial charge in [0.05, 0.1) is 36.0 Å². The smallest absolute Gasteiger partial charge is 0.355 e. The molecule has 2 heterocycles. The second kappa shape index (κ2) is 10.1. The summed E-state index contributed by atoms with van der Waals surface area (Å²) in [5.74, 6) is 0. The molecule has 9 heteroatoms. The lowest BCUT2D eigenvalue weighted by atomic mass is 10.0. The second-order valence-electron chi connectivity index (χ2n) is 8.29. The van der Waals surface area contributed by atoms with Crippen molar-refractivity contribution in [1.29, 1.82) is 10.5 Å². The van der Waals surface area contributed by atoms with Gasteiger partial charge in [0, 0.05) is 17.0 Å². The van der Waals surface area contributed by atoms with Crippen molar-refractivity contribution in [2.45, 2.75) is 39.9 Å². The van der Waals surface area contributed by atoms with E-state index in [9.17, 15) is 18.4 Å². The number of nitriles is 2. The third-order valence-electron chi connectivity index (χ3n) is 5.96. The zero-order chi connectivity index (χ0) is 25.9. The average molecular weight is 490 g/mol. The van der Waals surface area contributed by atoms with Crippen LogP contribution in [0.2, 0.25) is 0 Å². The third kappa shape index (κ3) is 5.02. The van der Waals surface area contributed by atoms with E-state index in [1.54, 1.807) is 35.8 Å². The molecule has 0 aliphatic carbocycles. The second-order valence-corrected chi connectivity index (χ2v) is 8.29. The van der Waals surface area contributed by atoms with Crippen LogP contribution in [0, 0.1) is 36.5 Å². The van der Waals surface area contributed by atoms with Crippen molar-refractivity contribution in [3.63, 3.8) is 0 Å². The number of aromatic nitrogens is 3. The Morgan fingerprint density at radius 1 is 0.944 bits per heavy atom. The Hall–Kier alpha value is -4.34. The Kier molecular flexibility index (Phi) is 6.96. The van der Waals surface area contributed by atoms with E-state index in [2.05, 4.69) is 17.2 Å². The van der Waals surface area contributed by atoms with E-state index >= 15 is 0 Å². The van der Waals surface area contributed by atoms with Gasteiger partial charge in [-0.05, 0) is 43.2 Å². The quantitative estimate of drug-likeness (QED) is 0.321. The Morgan fingerprint density at radius 2 is 1.64 bits per heavy atom. The van der Waals surface area contributed by atoms with Gasteiger partial charge in [-0.2, -0.15) is 28.8 Å². The van der Waals surface area contributed by atoms with Crippen LogP contribution < -0.4 is 0 Å². The van der Waals surface area contributed by atoms with Crippen molar-refractivity contribution in [2.24, 2.45) is 0 Å². The summed E-state index contributed by atoms with van der Waals surface area (Å²) in [5, 5.41) is 23.0. The summed E-state index contributed by atoms with van der Waals surface area (Å²) in [6.07, 6.45) is -4.60. The van der Waals surface area contributed by atoms with Crippen molar-refractivity contribution in [3.8, 4) is 23.3 Å². The zero-order valence-corrected chi connectivity index (χ0v) is 19.7. The number of ether oxygens (including phenoxy) is 1. The van der Waals surface area contributed by atoms with Gasteiger partial charge >= 0.3 is 6.18 Å². The molecule has 4 aromatic rings. The molecule has 2 aromatic carbocycles. The van der Waals surface area contributed by atoms with E-state index in [0.717, 1.165) is 27.6 Å². The average Bonchev–Trinajstić information content (AvgIpc) is 3.38. The molecule has 0 unspecified atom stereocenters. The summed E-state index contributed by atoms with van der Waals surface area (Å²) in [6.45, 7) is 3.42. The van der Waals surface area contributed by atoms with E-state index in [-0.39, 0.29) is 25.6 Å². The summed E-state index contributed by atoms with van der Waals surface area (Å²) in [4.78, 5) is 0. The fraction of sp³-hybridized carbons (Fsp3) is 0.222. The van der Waals surface area contributed by atoms with Crippen LogP contribution >= 0.6 is 0 Å². The summed E-state index contributed by atoms with van der Waals surface area (Å²) >= 11 is 0. The van der Waals surface area contributed by atoms with Gasteiger partial charge in [0.25, 0.3) is 0 Å². The van der Waals surface area contributed by atoms with Gasteiger partial charge in [-0.25, -0.2) is 4.68 Å². The van der Waals surface area contributed by atoms with Crippen LogP contribution in [0.3, 0.4) is 0 Å². The largest absolute Gasteiger partial charge is 0.433 e. The molecule has 0 aliphatic heterocycles. The molecular formula is C27H22F3N5O. The molecule has 0 N–H and O–H groups in total. The number of nitrogens with zero attached hydrogens (tertiary/aromatic N) is 5. The predicted molar refractivity (Wildman–Crippen MR) is 126 cm³/mol. The molecule has 4 rings (SSSR count). The number of hydrogen-bond acceptors (Lipinski definition) is 4. The molecule has 0 atom stereocenters. The van der Waals surface area contributed by atoms with E-state index in [1.807, 2.05) is 37.3 Å². The fourth-order valence-electron chi connectivity index (χ4n) is 4.18. The van der Waals surface area contributed by atoms with Gasteiger partial charge in [0.1, 0.15) is 18.5 Å². The number of rotatable bonds is 7. The standard InChI is InChI=1S/C27H22F3N5O/c1-18-24(14-32)26(22-10-8-20(13-31)9-11-22)19(2)34(18)15-23-12-25(27(28,29)30)35(33-23)17-36-16-21-6-4-3-5-7-21/h3-12H,15-17H2,1-2H3. The lowest BCUT2D eigenvalue weighted by molar-refractivity contribution is -0.147. The molecule has 0 radical (unpaired) electrons. The first-order valence-corrected chi connectivity index (χ1v) is 11.1. The highest BCUT2D eigenvalue weighted by Gasteiger charge is 2.36. The van der Waals surface area contributed by atoms with Crippen LogP contribution in [0.1, 0.15) is 39.5 Å². The van der Waals surface area contributed by atoms with Gasteiger partial charge < -0.3 is 9.30 Å². The van der Waals surface area contributed by atoms with Gasteiger partial charge in [0.15, 0.2) is 0 Å². The fourth-order valence-corrected chi connectivity index (χ4v) is 4.18. The molecule has 0 spiro atoms. The van der Waals surface area contributed by atoms with Crippen LogP contribution in [-0.2, 0) is 30.8 Å². The Bertz CT molecular complexity index is 1450. The molecule has 0 saturated heterocycles. The van der Waals surface area contributed by atoms with Gasteiger partial charge in [-0.15, -0.1) is 0 Å². The van der Waals surface area contributed by atoms with E-state index < -0.39 is 11.9 Å². The van der Waals surface area contributed by atoms with Crippen LogP contribution in [0.15, 0.2) is 60.7 Å². The minimum Gasteiger partial charge on any atom is -0.355 e. The summed E-state index contributed by atoms with van der Waals surface area (Å²) in [7, 11) is 0. The SMILES string of the molecule is Cc1c(C#N)c(-c2ccc(C#N)cc2)c(C)n1Cc1cc(C(F)(F)F)n(COCc2ccccc2)n1. The Balaban J connectivity index is 1.64. The first kappa shape index (κ1) is 24.8. The lowest BCUT2D eigenvalue weighted by Gasteiger charge is -2.10. The van der Waals surface area contributed by atoms with E-state index in [4.69, 9.17) is 10.00 Å². The molecule has 0 amide bonds. The van der Waals surface area contributed by atoms with Crippen molar-refractivity contribution in [3.05, 3.63) is 100 Å². The van der Waals surface area contributed by atoms with Crippen LogP contribution in [0.4, 0.5) is 13.2 Å². The first-order chi connectivity index (χ1) is 17.2. The normalized spacial score (nSPS) is 11.3. The monoisotopic (exact) mass is 489 g/mol. The Morgan fingerprint density at radius 3 is 2.25 bits per heavy atom. The van der Waals surface area contributed by atoms with Gasteiger partial charge in [-0.3, -0.25) is 0 Å². The molecule has 0 bridgehead atoms. The number of hydrogen-bond donors (Lipinski definition) is 0. The van der Waals surface area contributed by atoms with Crippen molar-refractivity contribution >= 4 is 0 Å². The minimum absolute atomic E-state index is 0.0530. The molecule has 2 aromatic heterocycles. The molecule has 6 nitrogen and oxygen atoms in total. The third-order valence-corrected chi connectivity index (χ3v) is 5.96. The highest BCUT2D eigenvalue weighted by molar-refractivity contribution is 5.75. The molecule has 0 aliphatic rings. The number of benzene rings is 2. The van der Waals surface area contributed by atoms with Crippen molar-refractivity contribution < 1.29 is 17.9 Å². The highest BCUT2D eigenvalue weighted by atomic mass is 19.4. The minimum atomic E-state index is -4.60. The molecule has 0 saturated carbocycles. The molecule has 182 valence electrons. The molecule has 36 heavy (non-hydrogen) atoms. The van der Waals surface area contributed by atoms with Crippen LogP contribution in [0.5, 0.6) is 0 Å². The highest BCUT2D eigenvalue weighted by Crippen LogP contribution is 2.34. The maximum Gasteiger partial charge on any atom is 0.433 e. The summed E-state index contributed by atoms with van der Waals surface area (Å²) < 4.78 is 49.3. The van der Waals surface area contributed by atoms with Crippen LogP contribution in [-0.4, -0.2) is 14.3 Å². The number of alkyl halides is 3. The van der Waals surface area contributed by atoms with Crippen molar-refractivity contribution in [2.75, 3.05) is 0 Å². The van der Waals surface area contributed by atoms with Gasteiger partial charge in [0.2, 0.25) is 0 Å². The van der Waals surface area contributed by atoms with E-state index in [1.165, 1.54) is 0 Å². The summed E-state index contributed by atoms with van der Waals surface area (Å²) in [6, 6.07) is 21.3.